The number of halogens is 2. The Morgan fingerprint density at radius 2 is 1.82 bits per heavy atom. The van der Waals surface area contributed by atoms with E-state index < -0.39 is 11.8 Å². The summed E-state index contributed by atoms with van der Waals surface area (Å²) in [4.78, 5) is 0. The molecule has 0 aliphatic heterocycles. The van der Waals surface area contributed by atoms with Gasteiger partial charge >= 0.3 is 0 Å². The SMILES string of the molecule is CCCCCC1CCC(c2ccc(OCC)cc2)C(F)(F)C1. The van der Waals surface area contributed by atoms with E-state index in [0.29, 0.717) is 13.0 Å². The minimum absolute atomic E-state index is 0.0502. The second-order valence-corrected chi connectivity index (χ2v) is 6.46. The van der Waals surface area contributed by atoms with Crippen molar-refractivity contribution in [3.63, 3.8) is 0 Å². The molecular formula is C19H28F2O. The quantitative estimate of drug-likeness (QED) is 0.546. The molecule has 1 aliphatic rings. The van der Waals surface area contributed by atoms with Gasteiger partial charge in [0.25, 0.3) is 5.92 Å². The van der Waals surface area contributed by atoms with Crippen molar-refractivity contribution in [2.75, 3.05) is 6.61 Å². The molecule has 124 valence electrons. The van der Waals surface area contributed by atoms with Gasteiger partial charge in [-0.3, -0.25) is 0 Å². The van der Waals surface area contributed by atoms with Crippen molar-refractivity contribution in [3.8, 4) is 5.75 Å². The van der Waals surface area contributed by atoms with Crippen LogP contribution in [0.1, 0.15) is 70.3 Å². The first-order valence-electron chi connectivity index (χ1n) is 8.67. The van der Waals surface area contributed by atoms with Gasteiger partial charge in [-0.15, -0.1) is 0 Å². The van der Waals surface area contributed by atoms with E-state index in [2.05, 4.69) is 6.92 Å². The summed E-state index contributed by atoms with van der Waals surface area (Å²) in [5.41, 5.74) is 0.750. The van der Waals surface area contributed by atoms with E-state index in [1.165, 1.54) is 0 Å². The Morgan fingerprint density at radius 3 is 2.41 bits per heavy atom. The van der Waals surface area contributed by atoms with Crippen molar-refractivity contribution in [2.24, 2.45) is 5.92 Å². The Hall–Kier alpha value is -1.12. The summed E-state index contributed by atoms with van der Waals surface area (Å²) in [6.45, 7) is 4.66. The second kappa shape index (κ2) is 7.94. The maximum atomic E-state index is 14.5. The third kappa shape index (κ3) is 4.44. The topological polar surface area (TPSA) is 9.23 Å². The van der Waals surface area contributed by atoms with Gasteiger partial charge in [0.15, 0.2) is 0 Å². The van der Waals surface area contributed by atoms with Crippen molar-refractivity contribution in [1.29, 1.82) is 0 Å². The number of unbranched alkanes of at least 4 members (excludes halogenated alkanes) is 2. The molecule has 0 N–H and O–H groups in total. The highest BCUT2D eigenvalue weighted by atomic mass is 19.3. The number of hydrogen-bond donors (Lipinski definition) is 0. The maximum absolute atomic E-state index is 14.5. The Balaban J connectivity index is 1.97. The van der Waals surface area contributed by atoms with E-state index in [9.17, 15) is 8.78 Å². The molecule has 0 heterocycles. The van der Waals surface area contributed by atoms with Gasteiger partial charge in [0, 0.05) is 12.3 Å². The second-order valence-electron chi connectivity index (χ2n) is 6.46. The van der Waals surface area contributed by atoms with E-state index in [1.54, 1.807) is 12.1 Å². The van der Waals surface area contributed by atoms with E-state index in [-0.39, 0.29) is 12.3 Å². The Morgan fingerprint density at radius 1 is 1.09 bits per heavy atom. The van der Waals surface area contributed by atoms with Crippen molar-refractivity contribution < 1.29 is 13.5 Å². The molecule has 0 amide bonds. The molecule has 1 nitrogen and oxygen atoms in total. The van der Waals surface area contributed by atoms with Gasteiger partial charge in [-0.2, -0.15) is 0 Å². The molecule has 0 radical (unpaired) electrons. The van der Waals surface area contributed by atoms with Crippen molar-refractivity contribution in [1.82, 2.24) is 0 Å². The molecule has 2 atom stereocenters. The van der Waals surface area contributed by atoms with Crippen LogP contribution in [-0.4, -0.2) is 12.5 Å². The van der Waals surface area contributed by atoms with Gasteiger partial charge < -0.3 is 4.74 Å². The highest BCUT2D eigenvalue weighted by Crippen LogP contribution is 2.48. The third-order valence-corrected chi connectivity index (χ3v) is 4.74. The van der Waals surface area contributed by atoms with Crippen molar-refractivity contribution >= 4 is 0 Å². The lowest BCUT2D eigenvalue weighted by Gasteiger charge is -2.36. The predicted molar refractivity (Wildman–Crippen MR) is 86.8 cm³/mol. The number of ether oxygens (including phenoxy) is 1. The molecule has 1 aliphatic carbocycles. The fraction of sp³-hybridized carbons (Fsp3) is 0.684. The molecular weight excluding hydrogens is 282 g/mol. The summed E-state index contributed by atoms with van der Waals surface area (Å²) in [6.07, 6.45) is 5.93. The summed E-state index contributed by atoms with van der Waals surface area (Å²) in [6, 6.07) is 7.23. The highest BCUT2D eigenvalue weighted by molar-refractivity contribution is 5.31. The molecule has 0 bridgehead atoms. The molecule has 2 unspecified atom stereocenters. The fourth-order valence-corrected chi connectivity index (χ4v) is 3.55. The molecule has 3 heteroatoms. The van der Waals surface area contributed by atoms with Crippen molar-refractivity contribution in [2.45, 2.75) is 70.6 Å². The van der Waals surface area contributed by atoms with Crippen LogP contribution >= 0.6 is 0 Å². The Kier molecular flexibility index (Phi) is 6.22. The monoisotopic (exact) mass is 310 g/mol. The molecule has 22 heavy (non-hydrogen) atoms. The van der Waals surface area contributed by atoms with Crippen LogP contribution in [0.2, 0.25) is 0 Å². The molecule has 2 rings (SSSR count). The Bertz CT molecular complexity index is 441. The largest absolute Gasteiger partial charge is 0.494 e. The zero-order chi connectivity index (χ0) is 16.0. The summed E-state index contributed by atoms with van der Waals surface area (Å²) in [7, 11) is 0. The molecule has 0 aromatic heterocycles. The van der Waals surface area contributed by atoms with E-state index in [4.69, 9.17) is 4.74 Å². The molecule has 1 fully saturated rings. The van der Waals surface area contributed by atoms with Crippen LogP contribution in [0, 0.1) is 5.92 Å². The van der Waals surface area contributed by atoms with Crippen LogP contribution in [0.15, 0.2) is 24.3 Å². The minimum atomic E-state index is -2.58. The predicted octanol–water partition coefficient (Wildman–Crippen LogP) is 6.18. The molecule has 1 saturated carbocycles. The Labute approximate surface area is 133 Å². The van der Waals surface area contributed by atoms with Crippen LogP contribution in [0.25, 0.3) is 0 Å². The first-order chi connectivity index (χ1) is 10.6. The first kappa shape index (κ1) is 17.2. The fourth-order valence-electron chi connectivity index (χ4n) is 3.55. The molecule has 1 aromatic carbocycles. The number of benzene rings is 1. The third-order valence-electron chi connectivity index (χ3n) is 4.74. The van der Waals surface area contributed by atoms with Crippen molar-refractivity contribution in [3.05, 3.63) is 29.8 Å². The van der Waals surface area contributed by atoms with Gasteiger partial charge in [0.2, 0.25) is 0 Å². The summed E-state index contributed by atoms with van der Waals surface area (Å²) < 4.78 is 34.4. The lowest BCUT2D eigenvalue weighted by Crippen LogP contribution is -2.34. The highest BCUT2D eigenvalue weighted by Gasteiger charge is 2.45. The molecule has 1 aromatic rings. The summed E-state index contributed by atoms with van der Waals surface area (Å²) in [5, 5.41) is 0. The lowest BCUT2D eigenvalue weighted by molar-refractivity contribution is -0.0738. The van der Waals surface area contributed by atoms with Crippen LogP contribution in [-0.2, 0) is 0 Å². The van der Waals surface area contributed by atoms with Crippen LogP contribution in [0.5, 0.6) is 5.75 Å². The average Bonchev–Trinajstić information content (AvgIpc) is 2.48. The zero-order valence-corrected chi connectivity index (χ0v) is 13.8. The van der Waals surface area contributed by atoms with Gasteiger partial charge in [-0.25, -0.2) is 8.78 Å². The zero-order valence-electron chi connectivity index (χ0n) is 13.8. The summed E-state index contributed by atoms with van der Waals surface area (Å²) in [5.74, 6) is -2.27. The smallest absolute Gasteiger partial charge is 0.255 e. The molecule has 0 saturated heterocycles. The standard InChI is InChI=1S/C19H28F2O/c1-3-5-6-7-15-8-13-18(19(20,21)14-15)16-9-11-17(12-10-16)22-4-2/h9-12,15,18H,3-8,13-14H2,1-2H3. The number of alkyl halides is 2. The number of hydrogen-bond acceptors (Lipinski definition) is 1. The summed E-state index contributed by atoms with van der Waals surface area (Å²) >= 11 is 0. The average molecular weight is 310 g/mol. The van der Waals surface area contributed by atoms with Gasteiger partial charge in [-0.1, -0.05) is 44.7 Å². The van der Waals surface area contributed by atoms with Gasteiger partial charge in [0.05, 0.1) is 6.61 Å². The number of rotatable bonds is 7. The lowest BCUT2D eigenvalue weighted by atomic mass is 9.74. The van der Waals surface area contributed by atoms with Gasteiger partial charge in [-0.05, 0) is 43.4 Å². The van der Waals surface area contributed by atoms with Gasteiger partial charge in [0.1, 0.15) is 5.75 Å². The van der Waals surface area contributed by atoms with E-state index >= 15 is 0 Å². The first-order valence-corrected chi connectivity index (χ1v) is 8.67. The van der Waals surface area contributed by atoms with E-state index in [0.717, 1.165) is 43.4 Å². The molecule has 0 spiro atoms. The maximum Gasteiger partial charge on any atom is 0.255 e. The normalized spacial score (nSPS) is 24.2. The van der Waals surface area contributed by atoms with Crippen LogP contribution in [0.3, 0.4) is 0 Å². The van der Waals surface area contributed by atoms with Crippen LogP contribution < -0.4 is 4.74 Å². The van der Waals surface area contributed by atoms with E-state index in [1.807, 2.05) is 19.1 Å². The van der Waals surface area contributed by atoms with Crippen LogP contribution in [0.4, 0.5) is 8.78 Å². The minimum Gasteiger partial charge on any atom is -0.494 e.